The summed E-state index contributed by atoms with van der Waals surface area (Å²) in [5, 5.41) is 1.94. The van der Waals surface area contributed by atoms with Crippen molar-refractivity contribution in [1.29, 1.82) is 0 Å². The Morgan fingerprint density at radius 3 is 1.86 bits per heavy atom. The number of unbranched alkanes of at least 4 members (excludes halogenated alkanes) is 9. The fraction of sp³-hybridized carbons (Fsp3) is 0.947. The molecule has 2 unspecified atom stereocenters. The maximum absolute atomic E-state index is 11.0. The third-order valence-corrected chi connectivity index (χ3v) is 6.14. The van der Waals surface area contributed by atoms with Crippen LogP contribution in [0.1, 0.15) is 96.8 Å². The predicted molar refractivity (Wildman–Crippen MR) is 97.5 cm³/mol. The van der Waals surface area contributed by atoms with Gasteiger partial charge < -0.3 is 4.74 Å². The number of esters is 1. The van der Waals surface area contributed by atoms with E-state index in [9.17, 15) is 4.79 Å². The highest BCUT2D eigenvalue weighted by Gasteiger charge is 2.36. The number of hydrogen-bond acceptors (Lipinski definition) is 3. The molecule has 130 valence electrons. The van der Waals surface area contributed by atoms with E-state index < -0.39 is 0 Å². The summed E-state index contributed by atoms with van der Waals surface area (Å²) in [6.45, 7) is 2.28. The number of carbonyl (C=O) groups is 1. The Morgan fingerprint density at radius 2 is 1.32 bits per heavy atom. The first-order chi connectivity index (χ1) is 10.8. The Morgan fingerprint density at radius 1 is 0.818 bits per heavy atom. The standard InChI is InChI=1S/C19H36O2S/c1-3-4-5-6-7-8-11-14-17-18(22-17)15-12-9-10-13-16-19(20)21-2/h17-18H,3-16H2,1-2H3. The van der Waals surface area contributed by atoms with Gasteiger partial charge in [-0.25, -0.2) is 0 Å². The molecule has 0 N–H and O–H groups in total. The number of thioether (sulfide) groups is 1. The molecule has 0 aromatic rings. The molecule has 0 aromatic heterocycles. The van der Waals surface area contributed by atoms with Gasteiger partial charge in [-0.05, 0) is 19.3 Å². The fourth-order valence-electron chi connectivity index (χ4n) is 3.06. The average molecular weight is 329 g/mol. The van der Waals surface area contributed by atoms with Gasteiger partial charge in [0, 0.05) is 16.9 Å². The lowest BCUT2D eigenvalue weighted by molar-refractivity contribution is -0.140. The van der Waals surface area contributed by atoms with Gasteiger partial charge in [-0.1, -0.05) is 71.1 Å². The molecular weight excluding hydrogens is 292 g/mol. The molecule has 1 saturated heterocycles. The molecule has 1 heterocycles. The molecule has 22 heavy (non-hydrogen) atoms. The molecule has 2 nitrogen and oxygen atoms in total. The van der Waals surface area contributed by atoms with Crippen molar-refractivity contribution in [2.75, 3.05) is 7.11 Å². The lowest BCUT2D eigenvalue weighted by Gasteiger charge is -2.02. The Labute approximate surface area is 142 Å². The van der Waals surface area contributed by atoms with Gasteiger partial charge in [-0.3, -0.25) is 4.79 Å². The molecule has 0 aromatic carbocycles. The van der Waals surface area contributed by atoms with E-state index in [2.05, 4.69) is 23.4 Å². The average Bonchev–Trinajstić information content (AvgIpc) is 3.28. The summed E-state index contributed by atoms with van der Waals surface area (Å²) in [4.78, 5) is 11.0. The number of hydrogen-bond donors (Lipinski definition) is 0. The molecule has 2 atom stereocenters. The summed E-state index contributed by atoms with van der Waals surface area (Å²) >= 11 is 2.21. The van der Waals surface area contributed by atoms with Crippen molar-refractivity contribution in [3.8, 4) is 0 Å². The summed E-state index contributed by atoms with van der Waals surface area (Å²) < 4.78 is 4.65. The first kappa shape index (κ1) is 19.9. The zero-order valence-electron chi connectivity index (χ0n) is 14.8. The van der Waals surface area contributed by atoms with Gasteiger partial charge in [0.1, 0.15) is 0 Å². The third-order valence-electron chi connectivity index (χ3n) is 4.63. The van der Waals surface area contributed by atoms with Crippen LogP contribution in [0.15, 0.2) is 0 Å². The Kier molecular flexibility index (Phi) is 12.0. The maximum Gasteiger partial charge on any atom is 0.305 e. The summed E-state index contributed by atoms with van der Waals surface area (Å²) in [6.07, 6.45) is 18.2. The van der Waals surface area contributed by atoms with Crippen LogP contribution in [0.4, 0.5) is 0 Å². The van der Waals surface area contributed by atoms with Crippen LogP contribution in [0.3, 0.4) is 0 Å². The smallest absolute Gasteiger partial charge is 0.305 e. The van der Waals surface area contributed by atoms with E-state index >= 15 is 0 Å². The van der Waals surface area contributed by atoms with Gasteiger partial charge in [-0.2, -0.15) is 11.8 Å². The first-order valence-electron chi connectivity index (χ1n) is 9.50. The van der Waals surface area contributed by atoms with E-state index in [4.69, 9.17) is 0 Å². The van der Waals surface area contributed by atoms with E-state index in [0.717, 1.165) is 16.9 Å². The summed E-state index contributed by atoms with van der Waals surface area (Å²) in [6, 6.07) is 0. The first-order valence-corrected chi connectivity index (χ1v) is 10.4. The van der Waals surface area contributed by atoms with Gasteiger partial charge in [0.05, 0.1) is 7.11 Å². The largest absolute Gasteiger partial charge is 0.469 e. The zero-order chi connectivity index (χ0) is 16.0. The van der Waals surface area contributed by atoms with E-state index in [-0.39, 0.29) is 5.97 Å². The van der Waals surface area contributed by atoms with Crippen molar-refractivity contribution in [2.45, 2.75) is 107 Å². The number of carbonyl (C=O) groups excluding carboxylic acids is 1. The highest BCUT2D eigenvalue weighted by atomic mass is 32.2. The quantitative estimate of drug-likeness (QED) is 0.206. The van der Waals surface area contributed by atoms with Crippen molar-refractivity contribution in [3.63, 3.8) is 0 Å². The molecule has 0 saturated carbocycles. The molecule has 0 bridgehead atoms. The van der Waals surface area contributed by atoms with Crippen LogP contribution in [-0.4, -0.2) is 23.6 Å². The minimum absolute atomic E-state index is 0.0625. The molecule has 1 fully saturated rings. The Balaban J connectivity index is 1.78. The minimum atomic E-state index is -0.0625. The second-order valence-corrected chi connectivity index (χ2v) is 8.14. The van der Waals surface area contributed by atoms with Crippen LogP contribution in [0.25, 0.3) is 0 Å². The van der Waals surface area contributed by atoms with Crippen molar-refractivity contribution < 1.29 is 9.53 Å². The van der Waals surface area contributed by atoms with Crippen LogP contribution in [0, 0.1) is 0 Å². The van der Waals surface area contributed by atoms with Crippen molar-refractivity contribution in [3.05, 3.63) is 0 Å². The van der Waals surface area contributed by atoms with Crippen molar-refractivity contribution >= 4 is 17.7 Å². The van der Waals surface area contributed by atoms with Crippen molar-refractivity contribution in [2.24, 2.45) is 0 Å². The highest BCUT2D eigenvalue weighted by molar-refractivity contribution is 8.07. The topological polar surface area (TPSA) is 26.3 Å². The predicted octanol–water partition coefficient (Wildman–Crippen LogP) is 6.12. The molecule has 0 amide bonds. The summed E-state index contributed by atoms with van der Waals surface area (Å²) in [7, 11) is 1.47. The van der Waals surface area contributed by atoms with E-state index in [0.29, 0.717) is 6.42 Å². The normalized spacial score (nSPS) is 20.1. The monoisotopic (exact) mass is 328 g/mol. The van der Waals surface area contributed by atoms with Crippen LogP contribution in [-0.2, 0) is 9.53 Å². The van der Waals surface area contributed by atoms with Crippen LogP contribution in [0.5, 0.6) is 0 Å². The van der Waals surface area contributed by atoms with Gasteiger partial charge in [-0.15, -0.1) is 0 Å². The molecule has 1 rings (SSSR count). The van der Waals surface area contributed by atoms with Gasteiger partial charge in [0.2, 0.25) is 0 Å². The molecular formula is C19H36O2S. The molecule has 1 aliphatic rings. The van der Waals surface area contributed by atoms with Gasteiger partial charge >= 0.3 is 5.97 Å². The third kappa shape index (κ3) is 10.5. The van der Waals surface area contributed by atoms with Crippen LogP contribution >= 0.6 is 11.8 Å². The number of methoxy groups -OCH3 is 1. The van der Waals surface area contributed by atoms with E-state index in [1.54, 1.807) is 0 Å². The van der Waals surface area contributed by atoms with E-state index in [1.165, 1.54) is 84.2 Å². The van der Waals surface area contributed by atoms with Crippen LogP contribution < -0.4 is 0 Å². The maximum atomic E-state index is 11.0. The second kappa shape index (κ2) is 13.3. The second-order valence-electron chi connectivity index (χ2n) is 6.65. The Hall–Kier alpha value is -0.180. The van der Waals surface area contributed by atoms with E-state index in [1.807, 2.05) is 0 Å². The zero-order valence-corrected chi connectivity index (χ0v) is 15.6. The Bertz CT molecular complexity index is 281. The molecule has 0 aliphatic carbocycles. The number of ether oxygens (including phenoxy) is 1. The highest BCUT2D eigenvalue weighted by Crippen LogP contribution is 2.47. The minimum Gasteiger partial charge on any atom is -0.469 e. The lowest BCUT2D eigenvalue weighted by atomic mass is 10.0. The molecule has 0 spiro atoms. The fourth-order valence-corrected chi connectivity index (χ4v) is 4.30. The van der Waals surface area contributed by atoms with Gasteiger partial charge in [0.25, 0.3) is 0 Å². The lowest BCUT2D eigenvalue weighted by Crippen LogP contribution is -1.99. The molecule has 3 heteroatoms. The summed E-state index contributed by atoms with van der Waals surface area (Å²) in [5.74, 6) is -0.0625. The molecule has 0 radical (unpaired) electrons. The summed E-state index contributed by atoms with van der Waals surface area (Å²) in [5.41, 5.74) is 0. The molecule has 1 aliphatic heterocycles. The SMILES string of the molecule is CCCCCCCCCC1SC1CCCCCCC(=O)OC. The van der Waals surface area contributed by atoms with Crippen molar-refractivity contribution in [1.82, 2.24) is 0 Å². The number of rotatable bonds is 15. The van der Waals surface area contributed by atoms with Gasteiger partial charge in [0.15, 0.2) is 0 Å². The van der Waals surface area contributed by atoms with Crippen LogP contribution in [0.2, 0.25) is 0 Å².